The van der Waals surface area contributed by atoms with Gasteiger partial charge in [-0.1, -0.05) is 6.07 Å². The van der Waals surface area contributed by atoms with Crippen LogP contribution in [0.2, 0.25) is 0 Å². The number of amides is 1. The molecule has 0 radical (unpaired) electrons. The average molecular weight is 313 g/mol. The Labute approximate surface area is 136 Å². The second kappa shape index (κ2) is 6.91. The van der Waals surface area contributed by atoms with Crippen LogP contribution in [-0.2, 0) is 13.6 Å². The largest absolute Gasteiger partial charge is 0.347 e. The fourth-order valence-corrected chi connectivity index (χ4v) is 2.97. The number of rotatable bonds is 4. The smallest absolute Gasteiger partial charge is 0.272 e. The molecule has 0 aromatic carbocycles. The highest BCUT2D eigenvalue weighted by molar-refractivity contribution is 5.92. The molecule has 0 aliphatic carbocycles. The van der Waals surface area contributed by atoms with Crippen molar-refractivity contribution < 1.29 is 4.79 Å². The van der Waals surface area contributed by atoms with E-state index in [4.69, 9.17) is 0 Å². The number of hydrogen-bond donors (Lipinski definition) is 1. The van der Waals surface area contributed by atoms with Gasteiger partial charge >= 0.3 is 0 Å². The van der Waals surface area contributed by atoms with Gasteiger partial charge in [-0.05, 0) is 44.5 Å². The molecule has 3 heterocycles. The molecule has 0 saturated carbocycles. The number of aryl methyl sites for hydroxylation is 2. The lowest BCUT2D eigenvalue weighted by Gasteiger charge is -2.32. The molecule has 122 valence electrons. The Kier molecular flexibility index (Phi) is 4.71. The van der Waals surface area contributed by atoms with E-state index in [1.807, 2.05) is 44.4 Å². The first-order chi connectivity index (χ1) is 11.1. The highest BCUT2D eigenvalue weighted by atomic mass is 16.2. The summed E-state index contributed by atoms with van der Waals surface area (Å²) in [5, 5.41) is 7.36. The molecule has 0 spiro atoms. The molecule has 1 saturated heterocycles. The quantitative estimate of drug-likeness (QED) is 0.929. The molecular weight excluding hydrogens is 290 g/mol. The maximum Gasteiger partial charge on any atom is 0.272 e. The lowest BCUT2D eigenvalue weighted by Crippen LogP contribution is -2.47. The van der Waals surface area contributed by atoms with Crippen molar-refractivity contribution in [3.05, 3.63) is 47.5 Å². The summed E-state index contributed by atoms with van der Waals surface area (Å²) in [6.45, 7) is 4.68. The van der Waals surface area contributed by atoms with Crippen molar-refractivity contribution in [3.63, 3.8) is 0 Å². The fourth-order valence-electron chi connectivity index (χ4n) is 2.97. The third-order valence-corrected chi connectivity index (χ3v) is 4.30. The number of likely N-dealkylation sites (tertiary alicyclic amines) is 1. The minimum Gasteiger partial charge on any atom is -0.347 e. The molecular formula is C17H23N5O. The van der Waals surface area contributed by atoms with Crippen LogP contribution in [0.1, 0.15) is 34.7 Å². The number of nitrogens with one attached hydrogen (secondary N) is 1. The van der Waals surface area contributed by atoms with Gasteiger partial charge in [0.15, 0.2) is 0 Å². The van der Waals surface area contributed by atoms with Crippen LogP contribution in [0.15, 0.2) is 30.5 Å². The molecule has 23 heavy (non-hydrogen) atoms. The highest BCUT2D eigenvalue weighted by Gasteiger charge is 2.23. The Morgan fingerprint density at radius 2 is 2.30 bits per heavy atom. The van der Waals surface area contributed by atoms with Crippen molar-refractivity contribution in [2.45, 2.75) is 32.4 Å². The van der Waals surface area contributed by atoms with Gasteiger partial charge in [-0.25, -0.2) is 0 Å². The molecule has 6 nitrogen and oxygen atoms in total. The van der Waals surface area contributed by atoms with Crippen LogP contribution in [0.25, 0.3) is 0 Å². The monoisotopic (exact) mass is 313 g/mol. The zero-order chi connectivity index (χ0) is 16.2. The second-order valence-corrected chi connectivity index (χ2v) is 6.16. The summed E-state index contributed by atoms with van der Waals surface area (Å²) in [6.07, 6.45) is 3.91. The predicted octanol–water partition coefficient (Wildman–Crippen LogP) is 1.52. The number of nitrogens with zero attached hydrogens (tertiary/aromatic N) is 4. The average Bonchev–Trinajstić information content (AvgIpc) is 2.88. The lowest BCUT2D eigenvalue weighted by molar-refractivity contribution is 0.0894. The topological polar surface area (TPSA) is 63.1 Å². The van der Waals surface area contributed by atoms with E-state index < -0.39 is 0 Å². The fraction of sp³-hybridized carbons (Fsp3) is 0.471. The first kappa shape index (κ1) is 15.7. The Hall–Kier alpha value is -2.21. The molecule has 1 unspecified atom stereocenters. The van der Waals surface area contributed by atoms with Crippen molar-refractivity contribution in [3.8, 4) is 0 Å². The zero-order valence-electron chi connectivity index (χ0n) is 13.7. The molecule has 2 aromatic heterocycles. The first-order valence-electron chi connectivity index (χ1n) is 8.05. The summed E-state index contributed by atoms with van der Waals surface area (Å²) in [6, 6.07) is 7.97. The molecule has 0 bridgehead atoms. The van der Waals surface area contributed by atoms with Crippen LogP contribution in [0.3, 0.4) is 0 Å². The Morgan fingerprint density at radius 1 is 1.43 bits per heavy atom. The molecule has 1 atom stereocenters. The van der Waals surface area contributed by atoms with Gasteiger partial charge in [0.1, 0.15) is 5.69 Å². The number of piperidine rings is 1. The summed E-state index contributed by atoms with van der Waals surface area (Å²) in [7, 11) is 1.85. The van der Waals surface area contributed by atoms with Gasteiger partial charge in [-0.2, -0.15) is 5.10 Å². The van der Waals surface area contributed by atoms with E-state index in [2.05, 4.69) is 20.3 Å². The van der Waals surface area contributed by atoms with Crippen LogP contribution in [0.4, 0.5) is 0 Å². The van der Waals surface area contributed by atoms with E-state index in [1.54, 1.807) is 4.68 Å². The van der Waals surface area contributed by atoms with E-state index in [-0.39, 0.29) is 11.9 Å². The number of hydrogen-bond acceptors (Lipinski definition) is 4. The molecule has 3 rings (SSSR count). The van der Waals surface area contributed by atoms with Crippen LogP contribution in [0, 0.1) is 6.92 Å². The molecule has 1 aliphatic rings. The van der Waals surface area contributed by atoms with E-state index in [0.717, 1.165) is 43.9 Å². The maximum absolute atomic E-state index is 12.3. The third kappa shape index (κ3) is 3.96. The normalized spacial score (nSPS) is 18.8. The van der Waals surface area contributed by atoms with E-state index in [0.29, 0.717) is 5.69 Å². The standard InChI is InChI=1S/C17H23N5O/c1-13-10-16(20-21(13)2)17(23)19-15-7-5-9-22(12-15)11-14-6-3-4-8-18-14/h3-4,6,8,10,15H,5,7,9,11-12H2,1-2H3,(H,19,23). The van der Waals surface area contributed by atoms with Gasteiger partial charge in [-0.3, -0.25) is 19.4 Å². The third-order valence-electron chi connectivity index (χ3n) is 4.30. The van der Waals surface area contributed by atoms with E-state index in [9.17, 15) is 4.79 Å². The summed E-state index contributed by atoms with van der Waals surface area (Å²) in [4.78, 5) is 19.1. The summed E-state index contributed by atoms with van der Waals surface area (Å²) >= 11 is 0. The van der Waals surface area contributed by atoms with Gasteiger partial charge < -0.3 is 5.32 Å². The Morgan fingerprint density at radius 3 is 3.00 bits per heavy atom. The minimum absolute atomic E-state index is 0.0848. The highest BCUT2D eigenvalue weighted by Crippen LogP contribution is 2.13. The first-order valence-corrected chi connectivity index (χ1v) is 8.05. The molecule has 2 aromatic rings. The van der Waals surface area contributed by atoms with Gasteiger partial charge in [0.25, 0.3) is 5.91 Å². The number of carbonyl (C=O) groups is 1. The summed E-state index contributed by atoms with van der Waals surface area (Å²) < 4.78 is 1.73. The Balaban J connectivity index is 1.57. The number of pyridine rings is 1. The van der Waals surface area contributed by atoms with Crippen molar-refractivity contribution in [2.24, 2.45) is 7.05 Å². The van der Waals surface area contributed by atoms with Gasteiger partial charge in [-0.15, -0.1) is 0 Å². The number of aromatic nitrogens is 3. The molecule has 6 heteroatoms. The van der Waals surface area contributed by atoms with Gasteiger partial charge in [0.05, 0.1) is 5.69 Å². The van der Waals surface area contributed by atoms with E-state index in [1.165, 1.54) is 0 Å². The minimum atomic E-state index is -0.0848. The van der Waals surface area contributed by atoms with Gasteiger partial charge in [0, 0.05) is 38.1 Å². The SMILES string of the molecule is Cc1cc(C(=O)NC2CCCN(Cc3ccccn3)C2)nn1C. The van der Waals surface area contributed by atoms with Crippen molar-refractivity contribution in [1.82, 2.24) is 25.0 Å². The van der Waals surface area contributed by atoms with Crippen molar-refractivity contribution >= 4 is 5.91 Å². The predicted molar refractivity (Wildman–Crippen MR) is 87.9 cm³/mol. The molecule has 1 aliphatic heterocycles. The van der Waals surface area contributed by atoms with Crippen LogP contribution >= 0.6 is 0 Å². The van der Waals surface area contributed by atoms with E-state index >= 15 is 0 Å². The molecule has 1 N–H and O–H groups in total. The summed E-state index contributed by atoms with van der Waals surface area (Å²) in [5.74, 6) is -0.0848. The van der Waals surface area contributed by atoms with Crippen LogP contribution in [-0.4, -0.2) is 44.7 Å². The van der Waals surface area contributed by atoms with Gasteiger partial charge in [0.2, 0.25) is 0 Å². The zero-order valence-corrected chi connectivity index (χ0v) is 13.7. The summed E-state index contributed by atoms with van der Waals surface area (Å²) in [5.41, 5.74) is 2.54. The molecule has 1 fully saturated rings. The van der Waals surface area contributed by atoms with Crippen molar-refractivity contribution in [1.29, 1.82) is 0 Å². The molecule has 1 amide bonds. The number of carbonyl (C=O) groups excluding carboxylic acids is 1. The second-order valence-electron chi connectivity index (χ2n) is 6.16. The van der Waals surface area contributed by atoms with Crippen LogP contribution in [0.5, 0.6) is 0 Å². The lowest BCUT2D eigenvalue weighted by atomic mass is 10.1. The van der Waals surface area contributed by atoms with Crippen LogP contribution < -0.4 is 5.32 Å². The Bertz CT molecular complexity index is 647. The maximum atomic E-state index is 12.3. The van der Waals surface area contributed by atoms with Crippen molar-refractivity contribution in [2.75, 3.05) is 13.1 Å².